The zero-order chi connectivity index (χ0) is 14.0. The largest absolute Gasteiger partial charge is 0.496 e. The minimum atomic E-state index is -0.0953. The van der Waals surface area contributed by atoms with Crippen LogP contribution in [0.2, 0.25) is 0 Å². The molecule has 4 nitrogen and oxygen atoms in total. The number of hydrogen-bond donors (Lipinski definition) is 1. The summed E-state index contributed by atoms with van der Waals surface area (Å²) >= 11 is 6.61. The van der Waals surface area contributed by atoms with Crippen molar-refractivity contribution in [3.63, 3.8) is 0 Å². The van der Waals surface area contributed by atoms with E-state index in [0.29, 0.717) is 22.5 Å². The van der Waals surface area contributed by atoms with Gasteiger partial charge in [0.1, 0.15) is 5.75 Å². The molecule has 1 aromatic heterocycles. The van der Waals surface area contributed by atoms with Crippen molar-refractivity contribution < 1.29 is 4.74 Å². The minimum absolute atomic E-state index is 0.0953. The molecule has 0 aliphatic rings. The monoisotopic (exact) mass is 386 g/mol. The SMILES string of the molecule is COc1cc(N)ccc1Cn1cc(Br)cc(Br)c1=O. The van der Waals surface area contributed by atoms with Crippen molar-refractivity contribution in [1.29, 1.82) is 0 Å². The second-order valence-electron chi connectivity index (χ2n) is 4.01. The van der Waals surface area contributed by atoms with Gasteiger partial charge in [-0.1, -0.05) is 6.07 Å². The van der Waals surface area contributed by atoms with Gasteiger partial charge < -0.3 is 15.0 Å². The number of nitrogens with two attached hydrogens (primary N) is 1. The number of nitrogen functional groups attached to an aromatic ring is 1. The van der Waals surface area contributed by atoms with Crippen LogP contribution in [-0.4, -0.2) is 11.7 Å². The summed E-state index contributed by atoms with van der Waals surface area (Å²) in [4.78, 5) is 12.0. The van der Waals surface area contributed by atoms with Crippen molar-refractivity contribution >= 4 is 37.5 Å². The number of hydrogen-bond acceptors (Lipinski definition) is 3. The fourth-order valence-electron chi connectivity index (χ4n) is 1.76. The van der Waals surface area contributed by atoms with Gasteiger partial charge in [-0.2, -0.15) is 0 Å². The zero-order valence-corrected chi connectivity index (χ0v) is 13.4. The third kappa shape index (κ3) is 3.19. The van der Waals surface area contributed by atoms with Gasteiger partial charge in [0.2, 0.25) is 0 Å². The van der Waals surface area contributed by atoms with Crippen molar-refractivity contribution in [2.24, 2.45) is 0 Å². The van der Waals surface area contributed by atoms with Gasteiger partial charge in [-0.15, -0.1) is 0 Å². The van der Waals surface area contributed by atoms with Crippen LogP contribution in [0.5, 0.6) is 5.75 Å². The van der Waals surface area contributed by atoms with Crippen molar-refractivity contribution in [3.8, 4) is 5.75 Å². The molecule has 0 atom stereocenters. The minimum Gasteiger partial charge on any atom is -0.496 e. The molecule has 2 aromatic rings. The highest BCUT2D eigenvalue weighted by molar-refractivity contribution is 9.11. The number of rotatable bonds is 3. The molecule has 0 fully saturated rings. The Morgan fingerprint density at radius 1 is 1.32 bits per heavy atom. The second kappa shape index (κ2) is 5.79. The number of ether oxygens (including phenoxy) is 1. The van der Waals surface area contributed by atoms with Crippen LogP contribution in [0.4, 0.5) is 5.69 Å². The van der Waals surface area contributed by atoms with Crippen LogP contribution in [0.25, 0.3) is 0 Å². The number of aromatic nitrogens is 1. The molecule has 0 amide bonds. The Morgan fingerprint density at radius 2 is 2.05 bits per heavy atom. The van der Waals surface area contributed by atoms with Crippen LogP contribution >= 0.6 is 31.9 Å². The van der Waals surface area contributed by atoms with E-state index in [0.717, 1.165) is 10.0 Å². The highest BCUT2D eigenvalue weighted by atomic mass is 79.9. The summed E-state index contributed by atoms with van der Waals surface area (Å²) < 4.78 is 8.22. The normalized spacial score (nSPS) is 10.5. The topological polar surface area (TPSA) is 57.2 Å². The first-order chi connectivity index (χ1) is 9.01. The highest BCUT2D eigenvalue weighted by Gasteiger charge is 2.08. The molecular weight excluding hydrogens is 376 g/mol. The summed E-state index contributed by atoms with van der Waals surface area (Å²) in [6.45, 7) is 0.417. The van der Waals surface area contributed by atoms with Gasteiger partial charge in [0.15, 0.2) is 0 Å². The molecule has 0 aliphatic heterocycles. The van der Waals surface area contributed by atoms with Crippen molar-refractivity contribution in [3.05, 3.63) is 55.3 Å². The average Bonchev–Trinajstić information content (AvgIpc) is 2.37. The highest BCUT2D eigenvalue weighted by Crippen LogP contribution is 2.22. The summed E-state index contributed by atoms with van der Waals surface area (Å²) in [5.41, 5.74) is 7.14. The van der Waals surface area contributed by atoms with Crippen LogP contribution in [0.15, 0.2) is 44.2 Å². The number of pyridine rings is 1. The van der Waals surface area contributed by atoms with Crippen molar-refractivity contribution in [1.82, 2.24) is 4.57 Å². The van der Waals surface area contributed by atoms with Gasteiger partial charge in [-0.25, -0.2) is 0 Å². The fourth-order valence-corrected chi connectivity index (χ4v) is 3.02. The molecule has 0 spiro atoms. The Bertz CT molecular complexity index is 668. The molecule has 100 valence electrons. The quantitative estimate of drug-likeness (QED) is 0.823. The molecule has 0 radical (unpaired) electrons. The molecule has 0 unspecified atom stereocenters. The molecule has 2 rings (SSSR count). The van der Waals surface area contributed by atoms with Gasteiger partial charge >= 0.3 is 0 Å². The number of nitrogens with zero attached hydrogens (tertiary/aromatic N) is 1. The molecule has 1 aromatic carbocycles. The number of anilines is 1. The van der Waals surface area contributed by atoms with Crippen molar-refractivity contribution in [2.75, 3.05) is 12.8 Å². The van der Waals surface area contributed by atoms with E-state index >= 15 is 0 Å². The van der Waals surface area contributed by atoms with E-state index in [1.165, 1.54) is 0 Å². The Morgan fingerprint density at radius 3 is 2.74 bits per heavy atom. The average molecular weight is 388 g/mol. The standard InChI is InChI=1S/C13H12Br2N2O2/c1-19-12-5-10(16)3-2-8(12)6-17-7-9(14)4-11(15)13(17)18/h2-5,7H,6,16H2,1H3. The van der Waals surface area contributed by atoms with Crippen LogP contribution < -0.4 is 16.0 Å². The number of methoxy groups -OCH3 is 1. The molecule has 2 N–H and O–H groups in total. The van der Waals surface area contributed by atoms with Gasteiger partial charge in [0.05, 0.1) is 18.1 Å². The Kier molecular flexibility index (Phi) is 4.31. The lowest BCUT2D eigenvalue weighted by atomic mass is 10.2. The van der Waals surface area contributed by atoms with E-state index in [9.17, 15) is 4.79 Å². The van der Waals surface area contributed by atoms with Crippen LogP contribution in [0.1, 0.15) is 5.56 Å². The zero-order valence-electron chi connectivity index (χ0n) is 10.2. The van der Waals surface area contributed by atoms with E-state index in [4.69, 9.17) is 10.5 Å². The second-order valence-corrected chi connectivity index (χ2v) is 5.78. The smallest absolute Gasteiger partial charge is 0.265 e. The molecular formula is C13H12Br2N2O2. The first kappa shape index (κ1) is 14.1. The number of benzene rings is 1. The molecule has 19 heavy (non-hydrogen) atoms. The van der Waals surface area contributed by atoms with E-state index in [1.807, 2.05) is 6.07 Å². The summed E-state index contributed by atoms with van der Waals surface area (Å²) in [5.74, 6) is 0.669. The predicted octanol–water partition coefficient (Wildman–Crippen LogP) is 3.01. The van der Waals surface area contributed by atoms with E-state index in [1.54, 1.807) is 36.1 Å². The lowest BCUT2D eigenvalue weighted by molar-refractivity contribution is 0.408. The maximum absolute atomic E-state index is 12.0. The molecule has 0 aliphatic carbocycles. The summed E-state index contributed by atoms with van der Waals surface area (Å²) in [6.07, 6.45) is 1.74. The third-order valence-corrected chi connectivity index (χ3v) is 3.66. The molecule has 0 saturated heterocycles. The van der Waals surface area contributed by atoms with Crippen LogP contribution in [0.3, 0.4) is 0 Å². The molecule has 0 bridgehead atoms. The lowest BCUT2D eigenvalue weighted by Crippen LogP contribution is -2.21. The molecule has 6 heteroatoms. The van der Waals surface area contributed by atoms with Crippen LogP contribution in [0, 0.1) is 0 Å². The van der Waals surface area contributed by atoms with Gasteiger partial charge in [-0.3, -0.25) is 4.79 Å². The van der Waals surface area contributed by atoms with Gasteiger partial charge in [-0.05, 0) is 44.0 Å². The van der Waals surface area contributed by atoms with Crippen LogP contribution in [-0.2, 0) is 6.54 Å². The summed E-state index contributed by atoms with van der Waals surface area (Å²) in [5, 5.41) is 0. The Balaban J connectivity index is 2.44. The van der Waals surface area contributed by atoms with Crippen molar-refractivity contribution in [2.45, 2.75) is 6.54 Å². The lowest BCUT2D eigenvalue weighted by Gasteiger charge is -2.12. The van der Waals surface area contributed by atoms with E-state index < -0.39 is 0 Å². The maximum atomic E-state index is 12.0. The van der Waals surface area contributed by atoms with E-state index in [-0.39, 0.29) is 5.56 Å². The third-order valence-electron chi connectivity index (χ3n) is 2.66. The summed E-state index contributed by atoms with van der Waals surface area (Å²) in [6, 6.07) is 7.11. The maximum Gasteiger partial charge on any atom is 0.265 e. The number of halogens is 2. The summed E-state index contributed by atoms with van der Waals surface area (Å²) in [7, 11) is 1.58. The first-order valence-corrected chi connectivity index (χ1v) is 7.07. The first-order valence-electron chi connectivity index (χ1n) is 5.49. The molecule has 0 saturated carbocycles. The Labute approximate surface area is 127 Å². The van der Waals surface area contributed by atoms with E-state index in [2.05, 4.69) is 31.9 Å². The predicted molar refractivity (Wildman–Crippen MR) is 82.6 cm³/mol. The van der Waals surface area contributed by atoms with Gasteiger partial charge in [0.25, 0.3) is 5.56 Å². The fraction of sp³-hybridized carbons (Fsp3) is 0.154. The Hall–Kier alpha value is -1.27. The van der Waals surface area contributed by atoms with Gasteiger partial charge in [0, 0.05) is 28.0 Å². The molecule has 1 heterocycles.